The quantitative estimate of drug-likeness (QED) is 0.694. The van der Waals surface area contributed by atoms with Crippen LogP contribution in [0.2, 0.25) is 0 Å². The predicted octanol–water partition coefficient (Wildman–Crippen LogP) is 1.35. The number of halogens is 1. The number of rotatable bonds is 2. The van der Waals surface area contributed by atoms with Crippen LogP contribution in [0.1, 0.15) is 12.8 Å². The van der Waals surface area contributed by atoms with E-state index in [1.807, 2.05) is 0 Å². The molecule has 0 radical (unpaired) electrons. The third kappa shape index (κ3) is 2.07. The van der Waals surface area contributed by atoms with Gasteiger partial charge in [0.15, 0.2) is 0 Å². The van der Waals surface area contributed by atoms with Crippen molar-refractivity contribution in [1.82, 2.24) is 4.90 Å². The Morgan fingerprint density at radius 2 is 2.47 bits per heavy atom. The number of fused-ring (bicyclic) bond motifs is 1. The van der Waals surface area contributed by atoms with Gasteiger partial charge in [-0.15, -0.1) is 0 Å². The maximum Gasteiger partial charge on any atom is 0.0872 e. The fourth-order valence-electron chi connectivity index (χ4n) is 2.66. The van der Waals surface area contributed by atoms with Gasteiger partial charge in [-0.25, -0.2) is 4.39 Å². The summed E-state index contributed by atoms with van der Waals surface area (Å²) in [6.45, 7) is 3.75. The molecule has 2 rings (SSSR count). The van der Waals surface area contributed by atoms with Gasteiger partial charge in [0.05, 0.1) is 25.1 Å². The molecular formula is C11H18FNO2. The van der Waals surface area contributed by atoms with E-state index in [1.54, 1.807) is 7.11 Å². The van der Waals surface area contributed by atoms with Gasteiger partial charge in [-0.2, -0.15) is 0 Å². The molecule has 86 valence electrons. The second-order valence-electron chi connectivity index (χ2n) is 4.39. The molecule has 2 heterocycles. The van der Waals surface area contributed by atoms with E-state index in [0.29, 0.717) is 6.61 Å². The van der Waals surface area contributed by atoms with Gasteiger partial charge in [0.25, 0.3) is 0 Å². The first-order valence-electron chi connectivity index (χ1n) is 5.40. The molecule has 2 fully saturated rings. The summed E-state index contributed by atoms with van der Waals surface area (Å²) in [6, 6.07) is 0. The van der Waals surface area contributed by atoms with Gasteiger partial charge < -0.3 is 9.47 Å². The van der Waals surface area contributed by atoms with Crippen LogP contribution in [0.15, 0.2) is 11.9 Å². The van der Waals surface area contributed by atoms with Gasteiger partial charge in [-0.1, -0.05) is 0 Å². The smallest absolute Gasteiger partial charge is 0.0872 e. The Labute approximate surface area is 89.8 Å². The molecule has 0 saturated carbocycles. The van der Waals surface area contributed by atoms with E-state index in [-0.39, 0.29) is 5.54 Å². The minimum Gasteiger partial charge on any atom is -0.383 e. The first-order chi connectivity index (χ1) is 7.30. The zero-order valence-corrected chi connectivity index (χ0v) is 9.17. The second kappa shape index (κ2) is 4.60. The van der Waals surface area contributed by atoms with E-state index >= 15 is 0 Å². The Morgan fingerprint density at radius 3 is 3.20 bits per heavy atom. The summed E-state index contributed by atoms with van der Waals surface area (Å²) in [6.07, 6.45) is 2.46. The Kier molecular flexibility index (Phi) is 3.38. The minimum absolute atomic E-state index is 0.0246. The summed E-state index contributed by atoms with van der Waals surface area (Å²) >= 11 is 0. The zero-order chi connectivity index (χ0) is 10.7. The molecule has 2 aliphatic rings. The van der Waals surface area contributed by atoms with Crippen LogP contribution in [-0.2, 0) is 9.47 Å². The van der Waals surface area contributed by atoms with E-state index in [2.05, 4.69) is 4.90 Å². The minimum atomic E-state index is -0.0246. The molecule has 0 unspecified atom stereocenters. The highest BCUT2D eigenvalue weighted by atomic mass is 19.1. The molecule has 0 aromatic carbocycles. The van der Waals surface area contributed by atoms with Crippen LogP contribution in [0.25, 0.3) is 0 Å². The Hall–Kier alpha value is -0.450. The summed E-state index contributed by atoms with van der Waals surface area (Å²) in [5, 5.41) is 0. The standard InChI is InChI=1S/C11H18FNO2/c1-14-9-11-2-4-15-5-3-13(11)8-10(6-11)7-12/h7H,2-6,8-9H2,1H3/b10-7-/t11-/m0/s1. The lowest BCUT2D eigenvalue weighted by Crippen LogP contribution is -2.47. The van der Waals surface area contributed by atoms with Crippen molar-refractivity contribution in [2.45, 2.75) is 18.4 Å². The van der Waals surface area contributed by atoms with E-state index in [4.69, 9.17) is 9.47 Å². The van der Waals surface area contributed by atoms with E-state index in [1.165, 1.54) is 0 Å². The molecule has 0 aliphatic carbocycles. The highest BCUT2D eigenvalue weighted by Gasteiger charge is 2.43. The van der Waals surface area contributed by atoms with Crippen molar-refractivity contribution < 1.29 is 13.9 Å². The largest absolute Gasteiger partial charge is 0.383 e. The maximum absolute atomic E-state index is 12.6. The number of ether oxygens (including phenoxy) is 2. The van der Waals surface area contributed by atoms with Crippen LogP contribution in [0.4, 0.5) is 4.39 Å². The summed E-state index contributed by atoms with van der Waals surface area (Å²) in [4.78, 5) is 2.30. The van der Waals surface area contributed by atoms with Gasteiger partial charge >= 0.3 is 0 Å². The van der Waals surface area contributed by atoms with Crippen molar-refractivity contribution in [3.8, 4) is 0 Å². The van der Waals surface area contributed by atoms with Crippen LogP contribution in [0, 0.1) is 0 Å². The van der Waals surface area contributed by atoms with E-state index in [9.17, 15) is 4.39 Å². The molecular weight excluding hydrogens is 197 g/mol. The molecule has 0 spiro atoms. The third-order valence-electron chi connectivity index (χ3n) is 3.41. The fraction of sp³-hybridized carbons (Fsp3) is 0.818. The van der Waals surface area contributed by atoms with Crippen molar-refractivity contribution in [3.63, 3.8) is 0 Å². The molecule has 2 saturated heterocycles. The van der Waals surface area contributed by atoms with Gasteiger partial charge in [0.2, 0.25) is 0 Å². The van der Waals surface area contributed by atoms with Crippen LogP contribution < -0.4 is 0 Å². The first kappa shape index (κ1) is 11.0. The summed E-state index contributed by atoms with van der Waals surface area (Å²) in [7, 11) is 1.70. The molecule has 0 aromatic heterocycles. The molecule has 2 aliphatic heterocycles. The SMILES string of the molecule is COC[C@@]12CCOCCN1C/C(=C\F)C2. The lowest BCUT2D eigenvalue weighted by molar-refractivity contribution is 0.0407. The Balaban J connectivity index is 2.17. The van der Waals surface area contributed by atoms with Crippen molar-refractivity contribution >= 4 is 0 Å². The fourth-order valence-corrected chi connectivity index (χ4v) is 2.66. The lowest BCUT2D eigenvalue weighted by Gasteiger charge is -2.35. The lowest BCUT2D eigenvalue weighted by atomic mass is 9.92. The number of hydrogen-bond acceptors (Lipinski definition) is 3. The second-order valence-corrected chi connectivity index (χ2v) is 4.39. The van der Waals surface area contributed by atoms with Crippen LogP contribution in [0.3, 0.4) is 0 Å². The van der Waals surface area contributed by atoms with E-state index < -0.39 is 0 Å². The van der Waals surface area contributed by atoms with Crippen molar-refractivity contribution in [3.05, 3.63) is 11.9 Å². The molecule has 0 aromatic rings. The van der Waals surface area contributed by atoms with Crippen molar-refractivity contribution in [2.24, 2.45) is 0 Å². The van der Waals surface area contributed by atoms with E-state index in [0.717, 1.165) is 51.0 Å². The first-order valence-corrected chi connectivity index (χ1v) is 5.40. The number of hydrogen-bond donors (Lipinski definition) is 0. The van der Waals surface area contributed by atoms with Crippen LogP contribution >= 0.6 is 0 Å². The summed E-state index contributed by atoms with van der Waals surface area (Å²) in [5.74, 6) is 0. The molecule has 0 N–H and O–H groups in total. The van der Waals surface area contributed by atoms with Gasteiger partial charge in [-0.3, -0.25) is 4.90 Å². The topological polar surface area (TPSA) is 21.7 Å². The Morgan fingerprint density at radius 1 is 1.60 bits per heavy atom. The normalized spacial score (nSPS) is 35.5. The number of methoxy groups -OCH3 is 1. The monoisotopic (exact) mass is 215 g/mol. The zero-order valence-electron chi connectivity index (χ0n) is 9.17. The summed E-state index contributed by atoms with van der Waals surface area (Å²) in [5.41, 5.74) is 0.859. The van der Waals surface area contributed by atoms with Crippen LogP contribution in [-0.4, -0.2) is 50.5 Å². The van der Waals surface area contributed by atoms with Crippen molar-refractivity contribution in [2.75, 3.05) is 40.0 Å². The molecule has 0 bridgehead atoms. The average Bonchev–Trinajstić information content (AvgIpc) is 2.47. The maximum atomic E-state index is 12.6. The molecule has 15 heavy (non-hydrogen) atoms. The highest BCUT2D eigenvalue weighted by molar-refractivity contribution is 5.17. The van der Waals surface area contributed by atoms with Crippen LogP contribution in [0.5, 0.6) is 0 Å². The summed E-state index contributed by atoms with van der Waals surface area (Å²) < 4.78 is 23.3. The molecule has 1 atom stereocenters. The number of nitrogens with zero attached hydrogens (tertiary/aromatic N) is 1. The average molecular weight is 215 g/mol. The molecule has 3 nitrogen and oxygen atoms in total. The highest BCUT2D eigenvalue weighted by Crippen LogP contribution is 2.37. The third-order valence-corrected chi connectivity index (χ3v) is 3.41. The predicted molar refractivity (Wildman–Crippen MR) is 55.4 cm³/mol. The van der Waals surface area contributed by atoms with Gasteiger partial charge in [0.1, 0.15) is 0 Å². The van der Waals surface area contributed by atoms with Crippen molar-refractivity contribution in [1.29, 1.82) is 0 Å². The van der Waals surface area contributed by atoms with Gasteiger partial charge in [0, 0.05) is 26.8 Å². The Bertz CT molecular complexity index is 257. The van der Waals surface area contributed by atoms with Gasteiger partial charge in [-0.05, 0) is 18.4 Å². The molecule has 0 amide bonds. The molecule has 4 heteroatoms.